The maximum atomic E-state index is 12.7. The Labute approximate surface area is 138 Å². The number of nitrogens with zero attached hydrogens (tertiary/aromatic N) is 1. The first-order chi connectivity index (χ1) is 10.9. The zero-order chi connectivity index (χ0) is 17.0. The van der Waals surface area contributed by atoms with Crippen molar-refractivity contribution in [3.8, 4) is 0 Å². The molecule has 0 aliphatic carbocycles. The van der Waals surface area contributed by atoms with Gasteiger partial charge in [-0.05, 0) is 50.7 Å². The number of hydrogen-bond donors (Lipinski definition) is 2. The number of nitrogens with one attached hydrogen (secondary N) is 2. The molecule has 0 aromatic carbocycles. The molecule has 1 aromatic heterocycles. The van der Waals surface area contributed by atoms with Crippen molar-refractivity contribution in [1.82, 2.24) is 15.2 Å². The monoisotopic (exact) mass is 319 g/mol. The summed E-state index contributed by atoms with van der Waals surface area (Å²) in [5.41, 5.74) is 2.62. The third-order valence-electron chi connectivity index (χ3n) is 4.46. The SMILES string of the molecule is Cc1cc(C)c(C(=O)N2CCC[C@@H](C(=O)NCCC(C)C)C2)[nH]1. The van der Waals surface area contributed by atoms with E-state index in [-0.39, 0.29) is 17.7 Å². The minimum Gasteiger partial charge on any atom is -0.356 e. The van der Waals surface area contributed by atoms with Gasteiger partial charge in [0.2, 0.25) is 5.91 Å². The number of carbonyl (C=O) groups is 2. The molecule has 1 aliphatic heterocycles. The second-order valence-corrected chi connectivity index (χ2v) is 7.07. The van der Waals surface area contributed by atoms with E-state index in [4.69, 9.17) is 0 Å². The number of aromatic nitrogens is 1. The lowest BCUT2D eigenvalue weighted by molar-refractivity contribution is -0.126. The highest BCUT2D eigenvalue weighted by molar-refractivity contribution is 5.94. The van der Waals surface area contributed by atoms with E-state index in [1.54, 1.807) is 0 Å². The summed E-state index contributed by atoms with van der Waals surface area (Å²) < 4.78 is 0. The summed E-state index contributed by atoms with van der Waals surface area (Å²) in [6.07, 6.45) is 2.73. The van der Waals surface area contributed by atoms with E-state index in [1.165, 1.54) is 0 Å². The molecule has 1 saturated heterocycles. The zero-order valence-corrected chi connectivity index (χ0v) is 14.7. The van der Waals surface area contributed by atoms with Gasteiger partial charge < -0.3 is 15.2 Å². The van der Waals surface area contributed by atoms with Crippen molar-refractivity contribution in [2.24, 2.45) is 11.8 Å². The van der Waals surface area contributed by atoms with Crippen LogP contribution in [-0.4, -0.2) is 41.3 Å². The Kier molecular flexibility index (Phi) is 5.85. The molecular weight excluding hydrogens is 290 g/mol. The Morgan fingerprint density at radius 3 is 2.74 bits per heavy atom. The largest absolute Gasteiger partial charge is 0.356 e. The highest BCUT2D eigenvalue weighted by Crippen LogP contribution is 2.20. The van der Waals surface area contributed by atoms with Gasteiger partial charge in [-0.25, -0.2) is 0 Å². The van der Waals surface area contributed by atoms with E-state index in [0.29, 0.717) is 18.2 Å². The molecule has 1 aliphatic rings. The molecule has 1 fully saturated rings. The van der Waals surface area contributed by atoms with Crippen LogP contribution in [0.3, 0.4) is 0 Å². The van der Waals surface area contributed by atoms with Crippen LogP contribution in [0.1, 0.15) is 54.9 Å². The van der Waals surface area contributed by atoms with Crippen molar-refractivity contribution < 1.29 is 9.59 Å². The van der Waals surface area contributed by atoms with Crippen LogP contribution in [-0.2, 0) is 4.79 Å². The number of aryl methyl sites for hydroxylation is 2. The Hall–Kier alpha value is -1.78. The molecule has 5 nitrogen and oxygen atoms in total. The molecule has 1 aromatic rings. The van der Waals surface area contributed by atoms with Gasteiger partial charge in [-0.15, -0.1) is 0 Å². The zero-order valence-electron chi connectivity index (χ0n) is 14.7. The molecule has 2 heterocycles. The lowest BCUT2D eigenvalue weighted by atomic mass is 9.96. The standard InChI is InChI=1S/C18H29N3O2/c1-12(2)7-8-19-17(22)15-6-5-9-21(11-15)18(23)16-13(3)10-14(4)20-16/h10,12,15,20H,5-9,11H2,1-4H3,(H,19,22)/t15-/m1/s1. The van der Waals surface area contributed by atoms with Gasteiger partial charge in [0.15, 0.2) is 0 Å². The molecule has 2 rings (SSSR count). The van der Waals surface area contributed by atoms with Crippen LogP contribution < -0.4 is 5.32 Å². The molecule has 2 amide bonds. The number of H-pyrrole nitrogens is 1. The summed E-state index contributed by atoms with van der Waals surface area (Å²) in [6.45, 7) is 10.1. The molecule has 1 atom stereocenters. The highest BCUT2D eigenvalue weighted by atomic mass is 16.2. The van der Waals surface area contributed by atoms with Gasteiger partial charge >= 0.3 is 0 Å². The number of amides is 2. The first-order valence-corrected chi connectivity index (χ1v) is 8.61. The summed E-state index contributed by atoms with van der Waals surface area (Å²) >= 11 is 0. The fourth-order valence-corrected chi connectivity index (χ4v) is 3.11. The summed E-state index contributed by atoms with van der Waals surface area (Å²) in [5, 5.41) is 3.01. The molecule has 23 heavy (non-hydrogen) atoms. The smallest absolute Gasteiger partial charge is 0.270 e. The second-order valence-electron chi connectivity index (χ2n) is 7.07. The average molecular weight is 319 g/mol. The van der Waals surface area contributed by atoms with Crippen LogP contribution in [0.15, 0.2) is 6.07 Å². The maximum absolute atomic E-state index is 12.7. The van der Waals surface area contributed by atoms with Crippen molar-refractivity contribution in [2.45, 2.75) is 47.0 Å². The van der Waals surface area contributed by atoms with E-state index >= 15 is 0 Å². The van der Waals surface area contributed by atoms with Crippen LogP contribution in [0.2, 0.25) is 0 Å². The third-order valence-corrected chi connectivity index (χ3v) is 4.46. The Balaban J connectivity index is 1.93. The number of piperidine rings is 1. The Morgan fingerprint density at radius 1 is 1.39 bits per heavy atom. The maximum Gasteiger partial charge on any atom is 0.270 e. The lowest BCUT2D eigenvalue weighted by Crippen LogP contribution is -2.45. The molecule has 5 heteroatoms. The van der Waals surface area contributed by atoms with Gasteiger partial charge in [0.25, 0.3) is 5.91 Å². The number of carbonyl (C=O) groups excluding carboxylic acids is 2. The van der Waals surface area contributed by atoms with Gasteiger partial charge in [0, 0.05) is 25.3 Å². The van der Waals surface area contributed by atoms with Crippen LogP contribution in [0.4, 0.5) is 0 Å². The van der Waals surface area contributed by atoms with Gasteiger partial charge in [0.1, 0.15) is 5.69 Å². The number of hydrogen-bond acceptors (Lipinski definition) is 2. The highest BCUT2D eigenvalue weighted by Gasteiger charge is 2.29. The van der Waals surface area contributed by atoms with Crippen LogP contribution in [0.25, 0.3) is 0 Å². The van der Waals surface area contributed by atoms with E-state index in [1.807, 2.05) is 24.8 Å². The van der Waals surface area contributed by atoms with Crippen molar-refractivity contribution in [3.63, 3.8) is 0 Å². The molecule has 0 unspecified atom stereocenters. The average Bonchev–Trinajstić information content (AvgIpc) is 2.84. The Bertz CT molecular complexity index is 563. The van der Waals surface area contributed by atoms with Gasteiger partial charge in [-0.2, -0.15) is 0 Å². The summed E-state index contributed by atoms with van der Waals surface area (Å²) in [7, 11) is 0. The van der Waals surface area contributed by atoms with Crippen molar-refractivity contribution in [3.05, 3.63) is 23.0 Å². The summed E-state index contributed by atoms with van der Waals surface area (Å²) in [6, 6.07) is 1.98. The van der Waals surface area contributed by atoms with Crippen molar-refractivity contribution in [1.29, 1.82) is 0 Å². The van der Waals surface area contributed by atoms with E-state index in [2.05, 4.69) is 24.1 Å². The number of rotatable bonds is 5. The fourth-order valence-electron chi connectivity index (χ4n) is 3.11. The minimum absolute atomic E-state index is 0.00952. The second kappa shape index (κ2) is 7.66. The normalized spacial score (nSPS) is 18.3. The van der Waals surface area contributed by atoms with Gasteiger partial charge in [-0.1, -0.05) is 13.8 Å². The van der Waals surface area contributed by atoms with Crippen LogP contribution in [0.5, 0.6) is 0 Å². The molecule has 0 radical (unpaired) electrons. The molecule has 2 N–H and O–H groups in total. The summed E-state index contributed by atoms with van der Waals surface area (Å²) in [5.74, 6) is 0.591. The van der Waals surface area contributed by atoms with Crippen molar-refractivity contribution >= 4 is 11.8 Å². The van der Waals surface area contributed by atoms with Crippen LogP contribution >= 0.6 is 0 Å². The van der Waals surface area contributed by atoms with E-state index < -0.39 is 0 Å². The third kappa shape index (κ3) is 4.60. The van der Waals surface area contributed by atoms with E-state index in [9.17, 15) is 9.59 Å². The molecule has 0 saturated carbocycles. The predicted octanol–water partition coefficient (Wildman–Crippen LogP) is 2.65. The van der Waals surface area contributed by atoms with Crippen molar-refractivity contribution in [2.75, 3.05) is 19.6 Å². The number of likely N-dealkylation sites (tertiary alicyclic amines) is 1. The Morgan fingerprint density at radius 2 is 2.13 bits per heavy atom. The predicted molar refractivity (Wildman–Crippen MR) is 91.4 cm³/mol. The van der Waals surface area contributed by atoms with Gasteiger partial charge in [0.05, 0.1) is 5.92 Å². The minimum atomic E-state index is -0.0868. The lowest BCUT2D eigenvalue weighted by Gasteiger charge is -2.32. The molecule has 0 bridgehead atoms. The first-order valence-electron chi connectivity index (χ1n) is 8.61. The van der Waals surface area contributed by atoms with Gasteiger partial charge in [-0.3, -0.25) is 9.59 Å². The first kappa shape index (κ1) is 17.6. The van der Waals surface area contributed by atoms with Crippen LogP contribution in [0, 0.1) is 25.7 Å². The molecule has 0 spiro atoms. The summed E-state index contributed by atoms with van der Waals surface area (Å²) in [4.78, 5) is 29.9. The fraction of sp³-hybridized carbons (Fsp3) is 0.667. The molecular formula is C18H29N3O2. The van der Waals surface area contributed by atoms with E-state index in [0.717, 1.165) is 43.6 Å². The topological polar surface area (TPSA) is 65.2 Å². The quantitative estimate of drug-likeness (QED) is 0.876. The number of aromatic amines is 1. The molecule has 128 valence electrons.